The van der Waals surface area contributed by atoms with Crippen molar-refractivity contribution in [2.24, 2.45) is 11.1 Å². The van der Waals surface area contributed by atoms with Crippen LogP contribution in [-0.4, -0.2) is 13.7 Å². The summed E-state index contributed by atoms with van der Waals surface area (Å²) < 4.78 is 5.51. The van der Waals surface area contributed by atoms with E-state index in [0.29, 0.717) is 5.41 Å². The number of hydrogen-bond acceptors (Lipinski definition) is 2. The molecule has 1 aliphatic rings. The minimum Gasteiger partial charge on any atom is -0.496 e. The van der Waals surface area contributed by atoms with Crippen LogP contribution in [-0.2, 0) is 5.41 Å². The van der Waals surface area contributed by atoms with Crippen LogP contribution in [0.4, 0.5) is 0 Å². The molecule has 100 valence electrons. The molecule has 1 saturated carbocycles. The molecule has 0 radical (unpaired) electrons. The van der Waals surface area contributed by atoms with Crippen molar-refractivity contribution in [2.45, 2.75) is 44.9 Å². The highest BCUT2D eigenvalue weighted by molar-refractivity contribution is 5.42. The molecule has 0 heterocycles. The third-order valence-corrected chi connectivity index (χ3v) is 5.00. The lowest BCUT2D eigenvalue weighted by Gasteiger charge is -2.56. The second-order valence-corrected chi connectivity index (χ2v) is 5.75. The zero-order valence-corrected chi connectivity index (χ0v) is 11.8. The molecular weight excluding hydrogens is 222 g/mol. The van der Waals surface area contributed by atoms with Crippen molar-refractivity contribution in [1.82, 2.24) is 0 Å². The van der Waals surface area contributed by atoms with Crippen LogP contribution < -0.4 is 10.5 Å². The van der Waals surface area contributed by atoms with Crippen molar-refractivity contribution in [3.05, 3.63) is 29.8 Å². The Labute approximate surface area is 111 Å². The molecule has 0 aromatic heterocycles. The predicted molar refractivity (Wildman–Crippen MR) is 76.0 cm³/mol. The summed E-state index contributed by atoms with van der Waals surface area (Å²) in [5.74, 6) is 0.990. The molecule has 0 aliphatic heterocycles. The summed E-state index contributed by atoms with van der Waals surface area (Å²) in [4.78, 5) is 0. The van der Waals surface area contributed by atoms with Crippen molar-refractivity contribution in [2.75, 3.05) is 13.7 Å². The molecule has 2 nitrogen and oxygen atoms in total. The molecule has 0 spiro atoms. The number of nitrogens with two attached hydrogens (primary N) is 1. The molecule has 1 aromatic rings. The summed E-state index contributed by atoms with van der Waals surface area (Å²) in [5, 5.41) is 0. The van der Waals surface area contributed by atoms with Crippen LogP contribution in [0.25, 0.3) is 0 Å². The van der Waals surface area contributed by atoms with Gasteiger partial charge in [0.1, 0.15) is 5.75 Å². The number of hydrogen-bond donors (Lipinski definition) is 1. The lowest BCUT2D eigenvalue weighted by molar-refractivity contribution is 0.0169. The summed E-state index contributed by atoms with van der Waals surface area (Å²) in [6.07, 6.45) is 4.90. The van der Waals surface area contributed by atoms with E-state index in [1.54, 1.807) is 7.11 Å². The molecule has 0 unspecified atom stereocenters. The zero-order valence-electron chi connectivity index (χ0n) is 11.8. The largest absolute Gasteiger partial charge is 0.496 e. The molecule has 2 rings (SSSR count). The first-order valence-electron chi connectivity index (χ1n) is 6.99. The van der Waals surface area contributed by atoms with Gasteiger partial charge < -0.3 is 10.5 Å². The van der Waals surface area contributed by atoms with Gasteiger partial charge in [-0.05, 0) is 24.3 Å². The first-order chi connectivity index (χ1) is 8.65. The highest BCUT2D eigenvalue weighted by Gasteiger charge is 2.53. The molecule has 0 atom stereocenters. The lowest BCUT2D eigenvalue weighted by atomic mass is 9.48. The average Bonchev–Trinajstić information content (AvgIpc) is 2.40. The number of para-hydroxylation sites is 1. The van der Waals surface area contributed by atoms with E-state index in [4.69, 9.17) is 10.5 Å². The van der Waals surface area contributed by atoms with E-state index in [2.05, 4.69) is 26.0 Å². The van der Waals surface area contributed by atoms with Gasteiger partial charge in [-0.3, -0.25) is 0 Å². The van der Waals surface area contributed by atoms with Crippen LogP contribution in [0.2, 0.25) is 0 Å². The average molecular weight is 247 g/mol. The van der Waals surface area contributed by atoms with E-state index < -0.39 is 0 Å². The Morgan fingerprint density at radius 1 is 1.17 bits per heavy atom. The second-order valence-electron chi connectivity index (χ2n) is 5.75. The Hall–Kier alpha value is -1.02. The van der Waals surface area contributed by atoms with Crippen molar-refractivity contribution in [3.63, 3.8) is 0 Å². The van der Waals surface area contributed by atoms with Crippen molar-refractivity contribution >= 4 is 0 Å². The van der Waals surface area contributed by atoms with E-state index >= 15 is 0 Å². The molecule has 1 aliphatic carbocycles. The Morgan fingerprint density at radius 2 is 1.78 bits per heavy atom. The van der Waals surface area contributed by atoms with Gasteiger partial charge in [-0.25, -0.2) is 0 Å². The van der Waals surface area contributed by atoms with Gasteiger partial charge in [0, 0.05) is 17.5 Å². The highest BCUT2D eigenvalue weighted by atomic mass is 16.5. The fourth-order valence-electron chi connectivity index (χ4n) is 3.66. The molecule has 1 aromatic carbocycles. The third-order valence-electron chi connectivity index (χ3n) is 5.00. The molecule has 2 heteroatoms. The van der Waals surface area contributed by atoms with Crippen LogP contribution >= 0.6 is 0 Å². The van der Waals surface area contributed by atoms with Crippen LogP contribution in [0.1, 0.15) is 45.1 Å². The summed E-state index contributed by atoms with van der Waals surface area (Å²) in [6, 6.07) is 8.34. The highest BCUT2D eigenvalue weighted by Crippen LogP contribution is 2.60. The van der Waals surface area contributed by atoms with E-state index in [1.165, 1.54) is 31.2 Å². The summed E-state index contributed by atoms with van der Waals surface area (Å²) in [6.45, 7) is 5.31. The molecule has 0 saturated heterocycles. The Morgan fingerprint density at radius 3 is 2.28 bits per heavy atom. The number of methoxy groups -OCH3 is 1. The van der Waals surface area contributed by atoms with Gasteiger partial charge in [0.2, 0.25) is 0 Å². The van der Waals surface area contributed by atoms with Gasteiger partial charge in [-0.1, -0.05) is 44.9 Å². The molecule has 18 heavy (non-hydrogen) atoms. The predicted octanol–water partition coefficient (Wildman–Crippen LogP) is 3.49. The monoisotopic (exact) mass is 247 g/mol. The third kappa shape index (κ3) is 1.93. The summed E-state index contributed by atoms with van der Waals surface area (Å²) in [5.41, 5.74) is 8.04. The maximum atomic E-state index is 6.10. The van der Waals surface area contributed by atoms with Gasteiger partial charge in [0.25, 0.3) is 0 Å². The fraction of sp³-hybridized carbons (Fsp3) is 0.625. The van der Waals surface area contributed by atoms with E-state index in [1.807, 2.05) is 12.1 Å². The molecule has 2 N–H and O–H groups in total. The second kappa shape index (κ2) is 4.93. The Kier molecular flexibility index (Phi) is 3.67. The first-order valence-corrected chi connectivity index (χ1v) is 6.99. The minimum absolute atomic E-state index is 0.138. The summed E-state index contributed by atoms with van der Waals surface area (Å²) >= 11 is 0. The lowest BCUT2D eigenvalue weighted by Crippen LogP contribution is -2.53. The van der Waals surface area contributed by atoms with Crippen LogP contribution in [0.5, 0.6) is 5.75 Å². The van der Waals surface area contributed by atoms with Crippen molar-refractivity contribution in [1.29, 1.82) is 0 Å². The van der Waals surface area contributed by atoms with E-state index in [0.717, 1.165) is 12.3 Å². The number of ether oxygens (including phenoxy) is 1. The topological polar surface area (TPSA) is 35.2 Å². The van der Waals surface area contributed by atoms with Gasteiger partial charge in [-0.15, -0.1) is 0 Å². The van der Waals surface area contributed by atoms with E-state index in [-0.39, 0.29) is 5.41 Å². The quantitative estimate of drug-likeness (QED) is 0.864. The zero-order chi connectivity index (χ0) is 13.2. The Bertz CT molecular complexity index is 401. The van der Waals surface area contributed by atoms with Crippen LogP contribution in [0.3, 0.4) is 0 Å². The normalized spacial score (nSPS) is 20.2. The first kappa shape index (κ1) is 13.4. The van der Waals surface area contributed by atoms with Crippen molar-refractivity contribution < 1.29 is 4.74 Å². The minimum atomic E-state index is 0.138. The smallest absolute Gasteiger partial charge is 0.122 e. The summed E-state index contributed by atoms with van der Waals surface area (Å²) in [7, 11) is 1.74. The van der Waals surface area contributed by atoms with Crippen molar-refractivity contribution in [3.8, 4) is 5.75 Å². The molecule has 1 fully saturated rings. The molecular formula is C16H25NO. The van der Waals surface area contributed by atoms with Crippen LogP contribution in [0, 0.1) is 5.41 Å². The number of rotatable bonds is 5. The Balaban J connectivity index is 2.31. The fourth-order valence-corrected chi connectivity index (χ4v) is 3.66. The van der Waals surface area contributed by atoms with E-state index in [9.17, 15) is 0 Å². The van der Waals surface area contributed by atoms with Gasteiger partial charge >= 0.3 is 0 Å². The molecule has 0 amide bonds. The van der Waals surface area contributed by atoms with Crippen LogP contribution in [0.15, 0.2) is 24.3 Å². The maximum absolute atomic E-state index is 6.10. The maximum Gasteiger partial charge on any atom is 0.122 e. The van der Waals surface area contributed by atoms with Gasteiger partial charge in [0.05, 0.1) is 7.11 Å². The standard InChI is InChI=1S/C16H25NO/c1-4-15(5-2)10-16(11-15,12-17)13-8-6-7-9-14(13)18-3/h6-9H,4-5,10-12,17H2,1-3H3. The van der Waals surface area contributed by atoms with Gasteiger partial charge in [0.15, 0.2) is 0 Å². The van der Waals surface area contributed by atoms with Gasteiger partial charge in [-0.2, -0.15) is 0 Å². The SMILES string of the molecule is CCC1(CC)CC(CN)(c2ccccc2OC)C1. The number of benzene rings is 1. The molecule has 0 bridgehead atoms.